The molecule has 6 nitrogen and oxygen atoms in total. The van der Waals surface area contributed by atoms with Gasteiger partial charge in [0.1, 0.15) is 0 Å². The number of nitrogens with one attached hydrogen (secondary N) is 1. The Hall–Kier alpha value is -2.38. The van der Waals surface area contributed by atoms with Gasteiger partial charge in [-0.1, -0.05) is 45.9 Å². The lowest BCUT2D eigenvalue weighted by Gasteiger charge is -2.21. The molecule has 0 fully saturated rings. The lowest BCUT2D eigenvalue weighted by molar-refractivity contribution is -0.115. The monoisotopic (exact) mass is 429 g/mol. The van der Waals surface area contributed by atoms with Crippen LogP contribution in [0.15, 0.2) is 47.4 Å². The molecule has 2 aromatic carbocycles. The van der Waals surface area contributed by atoms with Gasteiger partial charge in [0.05, 0.1) is 11.4 Å². The summed E-state index contributed by atoms with van der Waals surface area (Å²) in [4.78, 5) is 15.0. The van der Waals surface area contributed by atoms with Crippen LogP contribution in [0, 0.1) is 0 Å². The molecule has 0 bridgehead atoms. The minimum absolute atomic E-state index is 0.0733. The second-order valence-electron chi connectivity index (χ2n) is 7.84. The highest BCUT2D eigenvalue weighted by molar-refractivity contribution is 7.89. The van der Waals surface area contributed by atoms with E-state index in [2.05, 4.69) is 19.2 Å². The van der Waals surface area contributed by atoms with E-state index in [9.17, 15) is 13.2 Å². The predicted octanol–water partition coefficient (Wildman–Crippen LogP) is 3.84. The first kappa shape index (κ1) is 22.3. The third kappa shape index (κ3) is 4.52. The number of anilines is 2. The Balaban J connectivity index is 1.74. The molecular formula is C23H31N3O3S. The molecule has 0 aromatic heterocycles. The minimum atomic E-state index is -3.48. The van der Waals surface area contributed by atoms with Crippen molar-refractivity contribution in [3.63, 3.8) is 0 Å². The Kier molecular flexibility index (Phi) is 6.83. The first-order valence-corrected chi connectivity index (χ1v) is 12.0. The summed E-state index contributed by atoms with van der Waals surface area (Å²) in [7, 11) is -3.48. The maximum atomic E-state index is 12.8. The highest BCUT2D eigenvalue weighted by Gasteiger charge is 2.26. The van der Waals surface area contributed by atoms with Crippen LogP contribution in [-0.2, 0) is 21.2 Å². The average molecular weight is 430 g/mol. The van der Waals surface area contributed by atoms with E-state index in [1.54, 1.807) is 12.1 Å². The normalized spacial score (nSPS) is 13.7. The number of rotatable bonds is 8. The summed E-state index contributed by atoms with van der Waals surface area (Å²) < 4.78 is 27.0. The van der Waals surface area contributed by atoms with Crippen molar-refractivity contribution in [2.75, 3.05) is 36.4 Å². The summed E-state index contributed by atoms with van der Waals surface area (Å²) in [6, 6.07) is 13.1. The summed E-state index contributed by atoms with van der Waals surface area (Å²) in [6.45, 7) is 9.71. The van der Waals surface area contributed by atoms with E-state index in [4.69, 9.17) is 0 Å². The highest BCUT2D eigenvalue weighted by Crippen LogP contribution is 2.31. The maximum absolute atomic E-state index is 12.8. The molecular weight excluding hydrogens is 398 g/mol. The first-order chi connectivity index (χ1) is 14.3. The van der Waals surface area contributed by atoms with Gasteiger partial charge in [0.2, 0.25) is 15.9 Å². The number of sulfonamides is 1. The Bertz CT molecular complexity index is 1010. The highest BCUT2D eigenvalue weighted by atomic mass is 32.2. The topological polar surface area (TPSA) is 69.7 Å². The molecule has 2 aromatic rings. The summed E-state index contributed by atoms with van der Waals surface area (Å²) >= 11 is 0. The third-order valence-corrected chi connectivity index (χ3v) is 7.62. The summed E-state index contributed by atoms with van der Waals surface area (Å²) in [6.07, 6.45) is 0.729. The third-order valence-electron chi connectivity index (χ3n) is 5.58. The molecule has 0 atom stereocenters. The van der Waals surface area contributed by atoms with Crippen molar-refractivity contribution in [2.45, 2.75) is 44.9 Å². The molecule has 1 amide bonds. The molecule has 162 valence electrons. The Morgan fingerprint density at radius 3 is 2.50 bits per heavy atom. The Labute approximate surface area is 179 Å². The number of carbonyl (C=O) groups is 1. The fourth-order valence-corrected chi connectivity index (χ4v) is 5.47. The van der Waals surface area contributed by atoms with Crippen molar-refractivity contribution in [3.05, 3.63) is 53.6 Å². The molecule has 7 heteroatoms. The average Bonchev–Trinajstić information content (AvgIpc) is 3.11. The van der Waals surface area contributed by atoms with E-state index < -0.39 is 10.0 Å². The van der Waals surface area contributed by atoms with Crippen molar-refractivity contribution in [1.29, 1.82) is 0 Å². The SMILES string of the molecule is CCN(CC)S(=O)(=O)c1ccc2c(c1)CCN2CC(=O)Nc1ccccc1C(C)C. The van der Waals surface area contributed by atoms with Crippen LogP contribution >= 0.6 is 0 Å². The zero-order valence-electron chi connectivity index (χ0n) is 18.2. The van der Waals surface area contributed by atoms with Crippen molar-refractivity contribution in [3.8, 4) is 0 Å². The van der Waals surface area contributed by atoms with Crippen LogP contribution in [0.2, 0.25) is 0 Å². The molecule has 0 radical (unpaired) electrons. The molecule has 0 spiro atoms. The standard InChI is InChI=1S/C23H31N3O3S/c1-5-26(6-2)30(28,29)19-11-12-22-18(15-19)13-14-25(22)16-23(27)24-21-10-8-7-9-20(21)17(3)4/h7-12,15,17H,5-6,13-14,16H2,1-4H3,(H,24,27). The van der Waals surface area contributed by atoms with Gasteiger partial charge in [0, 0.05) is 31.0 Å². The van der Waals surface area contributed by atoms with Crippen molar-refractivity contribution >= 4 is 27.3 Å². The number of hydrogen-bond donors (Lipinski definition) is 1. The molecule has 1 aliphatic heterocycles. The van der Waals surface area contributed by atoms with E-state index in [1.165, 1.54) is 4.31 Å². The maximum Gasteiger partial charge on any atom is 0.243 e. The largest absolute Gasteiger partial charge is 0.362 e. The van der Waals surface area contributed by atoms with Crippen LogP contribution in [0.25, 0.3) is 0 Å². The molecule has 1 aliphatic rings. The second-order valence-corrected chi connectivity index (χ2v) is 9.78. The Morgan fingerprint density at radius 1 is 1.13 bits per heavy atom. The molecule has 0 aliphatic carbocycles. The fraction of sp³-hybridized carbons (Fsp3) is 0.435. The number of amides is 1. The second kappa shape index (κ2) is 9.18. The van der Waals surface area contributed by atoms with Crippen LogP contribution < -0.4 is 10.2 Å². The molecule has 1 N–H and O–H groups in total. The number of hydrogen-bond acceptors (Lipinski definition) is 4. The molecule has 3 rings (SSSR count). The van der Waals surface area contributed by atoms with Gasteiger partial charge in [-0.25, -0.2) is 8.42 Å². The van der Waals surface area contributed by atoms with Crippen LogP contribution in [0.4, 0.5) is 11.4 Å². The van der Waals surface area contributed by atoms with E-state index >= 15 is 0 Å². The van der Waals surface area contributed by atoms with Gasteiger partial charge in [0.15, 0.2) is 0 Å². The molecule has 0 saturated heterocycles. The first-order valence-electron chi connectivity index (χ1n) is 10.5. The van der Waals surface area contributed by atoms with Gasteiger partial charge < -0.3 is 10.2 Å². The van der Waals surface area contributed by atoms with Gasteiger partial charge in [0.25, 0.3) is 0 Å². The van der Waals surface area contributed by atoms with Gasteiger partial charge in [-0.2, -0.15) is 4.31 Å². The van der Waals surface area contributed by atoms with Gasteiger partial charge >= 0.3 is 0 Å². The number of nitrogens with zero attached hydrogens (tertiary/aromatic N) is 2. The van der Waals surface area contributed by atoms with Gasteiger partial charge in [-0.15, -0.1) is 0 Å². The van der Waals surface area contributed by atoms with E-state index in [1.807, 2.05) is 49.1 Å². The van der Waals surface area contributed by atoms with E-state index in [0.717, 1.165) is 28.9 Å². The zero-order valence-corrected chi connectivity index (χ0v) is 19.0. The molecule has 1 heterocycles. The number of fused-ring (bicyclic) bond motifs is 1. The van der Waals surface area contributed by atoms with Crippen LogP contribution in [0.1, 0.15) is 44.7 Å². The molecule has 0 saturated carbocycles. The molecule has 0 unspecified atom stereocenters. The lowest BCUT2D eigenvalue weighted by atomic mass is 10.0. The van der Waals surface area contributed by atoms with Crippen LogP contribution in [-0.4, -0.2) is 44.8 Å². The summed E-state index contributed by atoms with van der Waals surface area (Å²) in [5.74, 6) is 0.246. The van der Waals surface area contributed by atoms with Crippen LogP contribution in [0.3, 0.4) is 0 Å². The number of benzene rings is 2. The van der Waals surface area contributed by atoms with Crippen molar-refractivity contribution in [2.24, 2.45) is 0 Å². The van der Waals surface area contributed by atoms with Crippen molar-refractivity contribution in [1.82, 2.24) is 4.31 Å². The molecule has 30 heavy (non-hydrogen) atoms. The minimum Gasteiger partial charge on any atom is -0.362 e. The summed E-state index contributed by atoms with van der Waals surface area (Å²) in [5.41, 5.74) is 3.86. The fourth-order valence-electron chi connectivity index (χ4n) is 3.96. The van der Waals surface area contributed by atoms with Crippen molar-refractivity contribution < 1.29 is 13.2 Å². The van der Waals surface area contributed by atoms with Gasteiger partial charge in [-0.3, -0.25) is 4.79 Å². The van der Waals surface area contributed by atoms with E-state index in [-0.39, 0.29) is 12.5 Å². The summed E-state index contributed by atoms with van der Waals surface area (Å²) in [5, 5.41) is 3.03. The lowest BCUT2D eigenvalue weighted by Crippen LogP contribution is -2.32. The quantitative estimate of drug-likeness (QED) is 0.692. The number of carbonyl (C=O) groups excluding carboxylic acids is 1. The Morgan fingerprint density at radius 2 is 1.83 bits per heavy atom. The van der Waals surface area contributed by atoms with E-state index in [0.29, 0.717) is 30.4 Å². The smallest absolute Gasteiger partial charge is 0.243 e. The predicted molar refractivity (Wildman–Crippen MR) is 122 cm³/mol. The van der Waals surface area contributed by atoms with Crippen LogP contribution in [0.5, 0.6) is 0 Å². The van der Waals surface area contributed by atoms with Gasteiger partial charge in [-0.05, 0) is 47.7 Å². The number of para-hydroxylation sites is 1. The zero-order chi connectivity index (χ0) is 21.9.